The number of nitrogens with zero attached hydrogens (tertiary/aromatic N) is 2. The molecular formula is C22H35IN4O2. The molecule has 1 fully saturated rings. The molecule has 1 aliphatic heterocycles. The summed E-state index contributed by atoms with van der Waals surface area (Å²) in [6.07, 6.45) is 8.78. The Kier molecular flexibility index (Phi) is 10.8. The number of ether oxygens (including phenoxy) is 2. The Hall–Kier alpha value is -1.32. The van der Waals surface area contributed by atoms with Gasteiger partial charge < -0.3 is 20.1 Å². The molecule has 1 aliphatic carbocycles. The summed E-state index contributed by atoms with van der Waals surface area (Å²) in [5.74, 6) is 1.76. The number of nitrogens with one attached hydrogen (secondary N) is 2. The van der Waals surface area contributed by atoms with E-state index in [1.165, 1.54) is 5.56 Å². The molecule has 3 rings (SSSR count). The quantitative estimate of drug-likeness (QED) is 0.242. The summed E-state index contributed by atoms with van der Waals surface area (Å²) >= 11 is 0. The maximum Gasteiger partial charge on any atom is 0.191 e. The van der Waals surface area contributed by atoms with Crippen LogP contribution in [0.2, 0.25) is 0 Å². The van der Waals surface area contributed by atoms with Gasteiger partial charge in [-0.15, -0.1) is 24.0 Å². The van der Waals surface area contributed by atoms with Gasteiger partial charge in [0.1, 0.15) is 12.4 Å². The van der Waals surface area contributed by atoms with Crippen molar-refractivity contribution in [3.05, 3.63) is 42.0 Å². The topological polar surface area (TPSA) is 58.1 Å². The smallest absolute Gasteiger partial charge is 0.191 e. The molecule has 6 nitrogen and oxygen atoms in total. The van der Waals surface area contributed by atoms with Gasteiger partial charge in [-0.3, -0.25) is 9.89 Å². The Labute approximate surface area is 192 Å². The van der Waals surface area contributed by atoms with Crippen LogP contribution in [0.15, 0.2) is 41.4 Å². The third kappa shape index (κ3) is 8.14. The first-order valence-electron chi connectivity index (χ1n) is 10.4. The van der Waals surface area contributed by atoms with Crippen LogP contribution in [0.5, 0.6) is 5.75 Å². The van der Waals surface area contributed by atoms with Gasteiger partial charge in [-0.2, -0.15) is 0 Å². The van der Waals surface area contributed by atoms with E-state index < -0.39 is 0 Å². The summed E-state index contributed by atoms with van der Waals surface area (Å²) in [4.78, 5) is 6.71. The lowest BCUT2D eigenvalue weighted by Crippen LogP contribution is -2.42. The van der Waals surface area contributed by atoms with Crippen LogP contribution in [0, 0.1) is 0 Å². The predicted octanol–water partition coefficient (Wildman–Crippen LogP) is 3.18. The minimum absolute atomic E-state index is 0. The van der Waals surface area contributed by atoms with Crippen molar-refractivity contribution in [2.75, 3.05) is 40.5 Å². The maximum absolute atomic E-state index is 5.99. The van der Waals surface area contributed by atoms with E-state index in [-0.39, 0.29) is 24.0 Å². The summed E-state index contributed by atoms with van der Waals surface area (Å²) in [5.41, 5.74) is 1.18. The van der Waals surface area contributed by atoms with Gasteiger partial charge in [0.05, 0.1) is 0 Å². The van der Waals surface area contributed by atoms with Crippen molar-refractivity contribution in [2.24, 2.45) is 4.99 Å². The van der Waals surface area contributed by atoms with E-state index in [0.29, 0.717) is 18.7 Å². The van der Waals surface area contributed by atoms with E-state index >= 15 is 0 Å². The standard InChI is InChI=1S/C22H34N4O2.HI/c1-23-22(25-19-7-3-4-8-19)24-17-18-6-5-9-21(16-18)28-15-12-26(2)20-10-13-27-14-11-20;/h3-6,9,16,19-20H,7-8,10-15,17H2,1-2H3,(H2,23,24,25);1H. The van der Waals surface area contributed by atoms with Gasteiger partial charge in [0.25, 0.3) is 0 Å². The monoisotopic (exact) mass is 514 g/mol. The summed E-state index contributed by atoms with van der Waals surface area (Å²) in [5, 5.41) is 6.85. The molecular weight excluding hydrogens is 479 g/mol. The molecule has 0 aromatic heterocycles. The molecule has 0 unspecified atom stereocenters. The van der Waals surface area contributed by atoms with Gasteiger partial charge in [0.15, 0.2) is 5.96 Å². The largest absolute Gasteiger partial charge is 0.492 e. The van der Waals surface area contributed by atoms with Crippen molar-refractivity contribution < 1.29 is 9.47 Å². The van der Waals surface area contributed by atoms with Gasteiger partial charge in [0.2, 0.25) is 0 Å². The van der Waals surface area contributed by atoms with Crippen LogP contribution in [0.1, 0.15) is 31.2 Å². The molecule has 162 valence electrons. The molecule has 0 atom stereocenters. The zero-order valence-electron chi connectivity index (χ0n) is 17.6. The van der Waals surface area contributed by atoms with E-state index in [4.69, 9.17) is 9.47 Å². The normalized spacial score (nSPS) is 18.0. The zero-order valence-corrected chi connectivity index (χ0v) is 19.9. The van der Waals surface area contributed by atoms with Gasteiger partial charge in [-0.1, -0.05) is 24.3 Å². The highest BCUT2D eigenvalue weighted by Gasteiger charge is 2.18. The predicted molar refractivity (Wildman–Crippen MR) is 129 cm³/mol. The molecule has 1 aromatic carbocycles. The Morgan fingerprint density at radius 3 is 2.72 bits per heavy atom. The van der Waals surface area contributed by atoms with Crippen molar-refractivity contribution >= 4 is 29.9 Å². The zero-order chi connectivity index (χ0) is 19.6. The molecule has 1 aromatic rings. The minimum Gasteiger partial charge on any atom is -0.492 e. The number of hydrogen-bond acceptors (Lipinski definition) is 4. The average Bonchev–Trinajstić information content (AvgIpc) is 3.25. The second-order valence-electron chi connectivity index (χ2n) is 7.53. The average molecular weight is 514 g/mol. The van der Waals surface area contributed by atoms with Crippen LogP contribution < -0.4 is 15.4 Å². The number of rotatable bonds is 8. The lowest BCUT2D eigenvalue weighted by molar-refractivity contribution is 0.0392. The van der Waals surface area contributed by atoms with Gasteiger partial charge in [0, 0.05) is 45.4 Å². The second-order valence-corrected chi connectivity index (χ2v) is 7.53. The number of halogens is 1. The molecule has 29 heavy (non-hydrogen) atoms. The molecule has 0 amide bonds. The first-order chi connectivity index (χ1) is 13.7. The Balaban J connectivity index is 0.00000300. The Morgan fingerprint density at radius 2 is 2.00 bits per heavy atom. The highest BCUT2D eigenvalue weighted by molar-refractivity contribution is 14.0. The van der Waals surface area contributed by atoms with Gasteiger partial charge in [-0.05, 0) is 50.4 Å². The van der Waals surface area contributed by atoms with E-state index in [0.717, 1.165) is 63.7 Å². The van der Waals surface area contributed by atoms with E-state index in [9.17, 15) is 0 Å². The van der Waals surface area contributed by atoms with Gasteiger partial charge in [-0.25, -0.2) is 0 Å². The number of aliphatic imine (C=N–C) groups is 1. The van der Waals surface area contributed by atoms with Crippen LogP contribution in [0.3, 0.4) is 0 Å². The van der Waals surface area contributed by atoms with Crippen molar-refractivity contribution in [3.8, 4) is 5.75 Å². The summed E-state index contributed by atoms with van der Waals surface area (Å²) in [7, 11) is 3.99. The van der Waals surface area contributed by atoms with Crippen LogP contribution in [0.25, 0.3) is 0 Å². The molecule has 2 aliphatic rings. The third-order valence-corrected chi connectivity index (χ3v) is 5.46. The number of benzene rings is 1. The van der Waals surface area contributed by atoms with E-state index in [1.807, 2.05) is 19.2 Å². The Morgan fingerprint density at radius 1 is 1.24 bits per heavy atom. The highest BCUT2D eigenvalue weighted by Crippen LogP contribution is 2.15. The summed E-state index contributed by atoms with van der Waals surface area (Å²) in [6, 6.07) is 9.35. The number of likely N-dealkylation sites (N-methyl/N-ethyl adjacent to an activating group) is 1. The molecule has 7 heteroatoms. The molecule has 0 saturated carbocycles. The fourth-order valence-corrected chi connectivity index (χ4v) is 3.67. The SMILES string of the molecule is CN=C(NCc1cccc(OCCN(C)C2CCOCC2)c1)NC1CC=CC1.I. The van der Waals surface area contributed by atoms with E-state index in [1.54, 1.807) is 0 Å². The summed E-state index contributed by atoms with van der Waals surface area (Å²) in [6.45, 7) is 4.10. The van der Waals surface area contributed by atoms with Crippen LogP contribution in [-0.2, 0) is 11.3 Å². The van der Waals surface area contributed by atoms with Crippen LogP contribution >= 0.6 is 24.0 Å². The van der Waals surface area contributed by atoms with E-state index in [2.05, 4.69) is 51.9 Å². The number of guanidine groups is 1. The molecule has 0 spiro atoms. The molecule has 1 heterocycles. The first-order valence-corrected chi connectivity index (χ1v) is 10.4. The van der Waals surface area contributed by atoms with Crippen molar-refractivity contribution in [1.82, 2.24) is 15.5 Å². The second kappa shape index (κ2) is 13.1. The van der Waals surface area contributed by atoms with Crippen molar-refractivity contribution in [3.63, 3.8) is 0 Å². The molecule has 0 radical (unpaired) electrons. The fourth-order valence-electron chi connectivity index (χ4n) is 3.67. The third-order valence-electron chi connectivity index (χ3n) is 5.46. The first kappa shape index (κ1) is 24.0. The van der Waals surface area contributed by atoms with Gasteiger partial charge >= 0.3 is 0 Å². The van der Waals surface area contributed by atoms with Crippen molar-refractivity contribution in [1.29, 1.82) is 0 Å². The maximum atomic E-state index is 5.99. The lowest BCUT2D eigenvalue weighted by Gasteiger charge is -2.31. The molecule has 1 saturated heterocycles. The molecule has 2 N–H and O–H groups in total. The molecule has 0 bridgehead atoms. The fraction of sp³-hybridized carbons (Fsp3) is 0.591. The highest BCUT2D eigenvalue weighted by atomic mass is 127. The number of hydrogen-bond donors (Lipinski definition) is 2. The summed E-state index contributed by atoms with van der Waals surface area (Å²) < 4.78 is 11.4. The minimum atomic E-state index is 0. The van der Waals surface area contributed by atoms with Crippen LogP contribution in [0.4, 0.5) is 0 Å². The lowest BCUT2D eigenvalue weighted by atomic mass is 10.1. The van der Waals surface area contributed by atoms with Crippen LogP contribution in [-0.4, -0.2) is 63.4 Å². The Bertz CT molecular complexity index is 654. The van der Waals surface area contributed by atoms with Crippen molar-refractivity contribution in [2.45, 2.75) is 44.3 Å².